The van der Waals surface area contributed by atoms with Gasteiger partial charge in [0, 0.05) is 29.5 Å². The molecule has 0 unspecified atom stereocenters. The summed E-state index contributed by atoms with van der Waals surface area (Å²) < 4.78 is 21.8. The first-order valence-corrected chi connectivity index (χ1v) is 8.29. The van der Waals surface area contributed by atoms with Gasteiger partial charge in [-0.25, -0.2) is 4.79 Å². The summed E-state index contributed by atoms with van der Waals surface area (Å²) in [5.41, 5.74) is 0.470. The molecule has 1 aliphatic heterocycles. The first kappa shape index (κ1) is 16.2. The predicted octanol–water partition coefficient (Wildman–Crippen LogP) is 3.22. The van der Waals surface area contributed by atoms with Crippen molar-refractivity contribution in [2.45, 2.75) is 6.42 Å². The Labute approximate surface area is 148 Å². The van der Waals surface area contributed by atoms with Crippen molar-refractivity contribution in [2.75, 3.05) is 19.8 Å². The van der Waals surface area contributed by atoms with Crippen LogP contribution in [-0.4, -0.2) is 25.6 Å². The number of rotatable bonds is 4. The van der Waals surface area contributed by atoms with Crippen LogP contribution in [0.3, 0.4) is 0 Å². The molecule has 0 saturated carbocycles. The molecule has 2 aromatic carbocycles. The van der Waals surface area contributed by atoms with Crippen LogP contribution >= 0.6 is 0 Å². The van der Waals surface area contributed by atoms with E-state index in [0.717, 1.165) is 11.8 Å². The molecule has 0 saturated heterocycles. The van der Waals surface area contributed by atoms with Crippen LogP contribution in [0.2, 0.25) is 0 Å². The predicted molar refractivity (Wildman–Crippen MR) is 94.4 cm³/mol. The normalized spacial score (nSPS) is 13.2. The van der Waals surface area contributed by atoms with Crippen molar-refractivity contribution in [1.82, 2.24) is 0 Å². The maximum absolute atomic E-state index is 12.4. The van der Waals surface area contributed by atoms with E-state index in [0.29, 0.717) is 41.6 Å². The number of carbonyl (C=O) groups excluding carboxylic acids is 1. The van der Waals surface area contributed by atoms with Crippen LogP contribution in [0.4, 0.5) is 0 Å². The summed E-state index contributed by atoms with van der Waals surface area (Å²) in [5, 5.41) is 0.783. The molecule has 0 amide bonds. The highest BCUT2D eigenvalue weighted by Gasteiger charge is 2.14. The summed E-state index contributed by atoms with van der Waals surface area (Å²) in [6, 6.07) is 13.2. The van der Waals surface area contributed by atoms with Gasteiger partial charge in [-0.05, 0) is 36.4 Å². The van der Waals surface area contributed by atoms with Crippen LogP contribution < -0.4 is 19.8 Å². The molecule has 1 aliphatic rings. The maximum atomic E-state index is 12.4. The van der Waals surface area contributed by atoms with E-state index in [9.17, 15) is 9.59 Å². The third kappa shape index (κ3) is 3.39. The summed E-state index contributed by atoms with van der Waals surface area (Å²) in [6.45, 7) is 1.02. The molecular formula is C20H16O6. The molecule has 2 heterocycles. The van der Waals surface area contributed by atoms with Gasteiger partial charge < -0.3 is 18.6 Å². The Hall–Kier alpha value is -3.28. The van der Waals surface area contributed by atoms with Crippen molar-refractivity contribution >= 4 is 16.8 Å². The first-order chi connectivity index (χ1) is 12.7. The van der Waals surface area contributed by atoms with E-state index >= 15 is 0 Å². The minimum absolute atomic E-state index is 0.137. The summed E-state index contributed by atoms with van der Waals surface area (Å²) >= 11 is 0. The minimum Gasteiger partial charge on any atom is -0.490 e. The van der Waals surface area contributed by atoms with Gasteiger partial charge in [0.05, 0.1) is 13.2 Å². The minimum atomic E-state index is -0.432. The van der Waals surface area contributed by atoms with Gasteiger partial charge in [-0.2, -0.15) is 0 Å². The molecule has 0 aliphatic carbocycles. The molecule has 6 heteroatoms. The van der Waals surface area contributed by atoms with Crippen LogP contribution in [-0.2, 0) is 0 Å². The van der Waals surface area contributed by atoms with Gasteiger partial charge in [-0.15, -0.1) is 0 Å². The van der Waals surface area contributed by atoms with E-state index in [4.69, 9.17) is 18.6 Å². The number of Topliss-reactive ketones (excluding diaryl/α,β-unsaturated/α-hetero) is 1. The van der Waals surface area contributed by atoms with Gasteiger partial charge in [0.1, 0.15) is 11.3 Å². The highest BCUT2D eigenvalue weighted by atomic mass is 16.5. The molecule has 6 nitrogen and oxygen atoms in total. The molecule has 132 valence electrons. The van der Waals surface area contributed by atoms with Crippen LogP contribution in [0.25, 0.3) is 11.0 Å². The Morgan fingerprint density at radius 2 is 1.77 bits per heavy atom. The molecule has 0 atom stereocenters. The number of ether oxygens (including phenoxy) is 3. The Balaban J connectivity index is 1.48. The Morgan fingerprint density at radius 3 is 2.65 bits per heavy atom. The van der Waals surface area contributed by atoms with Crippen molar-refractivity contribution in [3.63, 3.8) is 0 Å². The quantitative estimate of drug-likeness (QED) is 0.530. The molecule has 0 fully saturated rings. The molecular weight excluding hydrogens is 336 g/mol. The zero-order chi connectivity index (χ0) is 17.9. The second-order valence-corrected chi connectivity index (χ2v) is 5.88. The average Bonchev–Trinajstić information content (AvgIpc) is 2.90. The SMILES string of the molecule is O=C(COc1ccc2ccc(=O)oc2c1)c1ccc2c(c1)OCCCO2. The number of fused-ring (bicyclic) bond motifs is 2. The Morgan fingerprint density at radius 1 is 0.962 bits per heavy atom. The van der Waals surface area contributed by atoms with Crippen molar-refractivity contribution in [1.29, 1.82) is 0 Å². The molecule has 4 rings (SSSR count). The largest absolute Gasteiger partial charge is 0.490 e. The molecule has 3 aromatic rings. The lowest BCUT2D eigenvalue weighted by molar-refractivity contribution is 0.0921. The smallest absolute Gasteiger partial charge is 0.336 e. The van der Waals surface area contributed by atoms with Gasteiger partial charge in [0.15, 0.2) is 23.9 Å². The lowest BCUT2D eigenvalue weighted by atomic mass is 10.1. The highest BCUT2D eigenvalue weighted by molar-refractivity contribution is 5.98. The molecule has 0 radical (unpaired) electrons. The number of ketones is 1. The lowest BCUT2D eigenvalue weighted by Gasteiger charge is -2.10. The summed E-state index contributed by atoms with van der Waals surface area (Å²) in [6.07, 6.45) is 0.805. The van der Waals surface area contributed by atoms with Crippen molar-refractivity contribution in [3.8, 4) is 17.2 Å². The van der Waals surface area contributed by atoms with Gasteiger partial charge in [0.2, 0.25) is 0 Å². The molecule has 0 bridgehead atoms. The number of benzene rings is 2. The molecule has 0 spiro atoms. The van der Waals surface area contributed by atoms with Crippen molar-refractivity contribution < 1.29 is 23.4 Å². The van der Waals surface area contributed by atoms with Crippen molar-refractivity contribution in [2.24, 2.45) is 0 Å². The topological polar surface area (TPSA) is 75.0 Å². The van der Waals surface area contributed by atoms with E-state index in [1.807, 2.05) is 0 Å². The number of carbonyl (C=O) groups is 1. The van der Waals surface area contributed by atoms with E-state index in [-0.39, 0.29) is 12.4 Å². The van der Waals surface area contributed by atoms with Gasteiger partial charge >= 0.3 is 5.63 Å². The zero-order valence-electron chi connectivity index (χ0n) is 13.9. The van der Waals surface area contributed by atoms with E-state index in [1.165, 1.54) is 6.07 Å². The maximum Gasteiger partial charge on any atom is 0.336 e. The summed E-state index contributed by atoms with van der Waals surface area (Å²) in [5.74, 6) is 1.48. The van der Waals surface area contributed by atoms with Gasteiger partial charge in [-0.1, -0.05) is 0 Å². The Bertz CT molecular complexity index is 1020. The van der Waals surface area contributed by atoms with E-state index in [1.54, 1.807) is 42.5 Å². The fourth-order valence-electron chi connectivity index (χ4n) is 2.70. The molecule has 0 N–H and O–H groups in total. The third-order valence-corrected chi connectivity index (χ3v) is 4.03. The molecule has 1 aromatic heterocycles. The second kappa shape index (κ2) is 6.92. The van der Waals surface area contributed by atoms with Gasteiger partial charge in [-0.3, -0.25) is 4.79 Å². The first-order valence-electron chi connectivity index (χ1n) is 8.29. The number of hydrogen-bond acceptors (Lipinski definition) is 6. The van der Waals surface area contributed by atoms with Crippen LogP contribution in [0, 0.1) is 0 Å². The zero-order valence-corrected chi connectivity index (χ0v) is 13.9. The standard InChI is InChI=1S/C20H16O6/c21-16(14-3-6-17-19(10-14)24-9-1-8-23-17)12-25-15-5-2-13-4-7-20(22)26-18(13)11-15/h2-7,10-11H,1,8-9,12H2. The van der Waals surface area contributed by atoms with Gasteiger partial charge in [0.25, 0.3) is 0 Å². The highest BCUT2D eigenvalue weighted by Crippen LogP contribution is 2.30. The summed E-state index contributed by atoms with van der Waals surface area (Å²) in [4.78, 5) is 23.7. The van der Waals surface area contributed by atoms with Crippen LogP contribution in [0.1, 0.15) is 16.8 Å². The Kier molecular flexibility index (Phi) is 4.31. The second-order valence-electron chi connectivity index (χ2n) is 5.88. The average molecular weight is 352 g/mol. The van der Waals surface area contributed by atoms with E-state index < -0.39 is 5.63 Å². The monoisotopic (exact) mass is 352 g/mol. The fraction of sp³-hybridized carbons (Fsp3) is 0.200. The van der Waals surface area contributed by atoms with Crippen molar-refractivity contribution in [3.05, 3.63) is 64.5 Å². The van der Waals surface area contributed by atoms with Crippen LogP contribution in [0.15, 0.2) is 57.7 Å². The van der Waals surface area contributed by atoms with E-state index in [2.05, 4.69) is 0 Å². The molecule has 26 heavy (non-hydrogen) atoms. The lowest BCUT2D eigenvalue weighted by Crippen LogP contribution is -2.12. The fourth-order valence-corrected chi connectivity index (χ4v) is 2.70. The van der Waals surface area contributed by atoms with Crippen LogP contribution in [0.5, 0.6) is 17.2 Å². The third-order valence-electron chi connectivity index (χ3n) is 4.03. The number of hydrogen-bond donors (Lipinski definition) is 0. The summed E-state index contributed by atoms with van der Waals surface area (Å²) in [7, 11) is 0.